The van der Waals surface area contributed by atoms with Crippen LogP contribution in [0.15, 0.2) is 54.7 Å². The van der Waals surface area contributed by atoms with Crippen LogP contribution in [0, 0.1) is 0 Å². The lowest BCUT2D eigenvalue weighted by Crippen LogP contribution is -2.13. The molecule has 4 aromatic rings. The summed E-state index contributed by atoms with van der Waals surface area (Å²) in [7, 11) is 1.63. The first-order chi connectivity index (χ1) is 12.7. The number of carbonyl (C=O) groups is 1. The van der Waals surface area contributed by atoms with Crippen molar-refractivity contribution in [2.24, 2.45) is 0 Å². The van der Waals surface area contributed by atoms with E-state index in [-0.39, 0.29) is 12.5 Å². The van der Waals surface area contributed by atoms with E-state index in [1.54, 1.807) is 14.0 Å². The Bertz CT molecular complexity index is 1080. The number of ether oxygens (including phenoxy) is 2. The van der Waals surface area contributed by atoms with E-state index in [1.165, 1.54) is 0 Å². The molecule has 0 fully saturated rings. The number of methoxy groups -OCH3 is 1. The van der Waals surface area contributed by atoms with Crippen molar-refractivity contribution in [2.45, 2.75) is 13.5 Å². The summed E-state index contributed by atoms with van der Waals surface area (Å²) >= 11 is 0. The van der Waals surface area contributed by atoms with Crippen LogP contribution >= 0.6 is 0 Å². The third kappa shape index (κ3) is 2.60. The highest BCUT2D eigenvalue weighted by Gasteiger charge is 2.19. The van der Waals surface area contributed by atoms with Gasteiger partial charge in [-0.2, -0.15) is 0 Å². The molecule has 26 heavy (non-hydrogen) atoms. The summed E-state index contributed by atoms with van der Waals surface area (Å²) in [4.78, 5) is 16.7. The molecule has 2 aromatic heterocycles. The van der Waals surface area contributed by atoms with E-state index in [0.717, 1.165) is 28.0 Å². The molecule has 0 aliphatic carbocycles. The molecule has 2 aromatic carbocycles. The summed E-state index contributed by atoms with van der Waals surface area (Å²) in [5, 5.41) is 0. The van der Waals surface area contributed by atoms with Crippen molar-refractivity contribution in [3.05, 3.63) is 54.7 Å². The molecule has 0 amide bonds. The Morgan fingerprint density at radius 1 is 1.12 bits per heavy atom. The van der Waals surface area contributed by atoms with Crippen molar-refractivity contribution in [3.63, 3.8) is 0 Å². The summed E-state index contributed by atoms with van der Waals surface area (Å²) in [5.74, 6) is 1.13. The van der Waals surface area contributed by atoms with Gasteiger partial charge in [-0.05, 0) is 19.1 Å². The van der Waals surface area contributed by atoms with E-state index in [4.69, 9.17) is 9.47 Å². The van der Waals surface area contributed by atoms with Crippen LogP contribution < -0.4 is 4.74 Å². The zero-order chi connectivity index (χ0) is 18.1. The number of esters is 1. The maximum atomic E-state index is 12.1. The van der Waals surface area contributed by atoms with Crippen molar-refractivity contribution in [1.82, 2.24) is 14.0 Å². The van der Waals surface area contributed by atoms with Crippen molar-refractivity contribution < 1.29 is 14.3 Å². The molecule has 0 aliphatic heterocycles. The highest BCUT2D eigenvalue weighted by atomic mass is 16.5. The minimum Gasteiger partial charge on any atom is -0.497 e. The number of benzene rings is 2. The summed E-state index contributed by atoms with van der Waals surface area (Å²) < 4.78 is 14.4. The normalized spacial score (nSPS) is 11.2. The third-order valence-corrected chi connectivity index (χ3v) is 4.36. The summed E-state index contributed by atoms with van der Waals surface area (Å²) in [6, 6.07) is 15.9. The molecule has 0 aliphatic rings. The van der Waals surface area contributed by atoms with Crippen LogP contribution in [0.4, 0.5) is 0 Å². The van der Waals surface area contributed by atoms with Crippen LogP contribution in [0.5, 0.6) is 5.75 Å². The van der Waals surface area contributed by atoms with Gasteiger partial charge in [0.25, 0.3) is 0 Å². The molecule has 0 spiro atoms. The molecule has 0 bridgehead atoms. The molecule has 0 saturated heterocycles. The molecular weight excluding hydrogens is 330 g/mol. The number of hydrogen-bond donors (Lipinski definition) is 0. The zero-order valence-electron chi connectivity index (χ0n) is 14.7. The van der Waals surface area contributed by atoms with Crippen LogP contribution in [-0.4, -0.2) is 33.6 Å². The minimum atomic E-state index is -0.293. The molecule has 6 heteroatoms. The first-order valence-electron chi connectivity index (χ1n) is 8.47. The fraction of sp³-hybridized carbons (Fsp3) is 0.200. The first kappa shape index (κ1) is 16.2. The number of imidazole rings is 2. The number of fused-ring (bicyclic) bond motifs is 3. The van der Waals surface area contributed by atoms with E-state index >= 15 is 0 Å². The summed E-state index contributed by atoms with van der Waals surface area (Å²) in [5.41, 5.74) is 3.86. The number of nitrogens with zero attached hydrogens (tertiary/aromatic N) is 3. The van der Waals surface area contributed by atoms with Gasteiger partial charge in [0, 0.05) is 11.6 Å². The smallest absolute Gasteiger partial charge is 0.326 e. The monoisotopic (exact) mass is 349 g/mol. The summed E-state index contributed by atoms with van der Waals surface area (Å²) in [6.45, 7) is 2.24. The van der Waals surface area contributed by atoms with Crippen LogP contribution in [0.25, 0.3) is 28.1 Å². The van der Waals surface area contributed by atoms with Gasteiger partial charge in [-0.15, -0.1) is 0 Å². The van der Waals surface area contributed by atoms with E-state index in [0.29, 0.717) is 12.4 Å². The van der Waals surface area contributed by atoms with E-state index in [2.05, 4.69) is 9.38 Å². The van der Waals surface area contributed by atoms with Gasteiger partial charge in [0.1, 0.15) is 12.3 Å². The molecule has 0 radical (unpaired) electrons. The first-order valence-corrected chi connectivity index (χ1v) is 8.47. The number of aromatic nitrogens is 3. The molecule has 0 N–H and O–H groups in total. The molecule has 0 atom stereocenters. The number of carbonyl (C=O) groups excluding carboxylic acids is 1. The lowest BCUT2D eigenvalue weighted by atomic mass is 10.2. The Labute approximate surface area is 150 Å². The predicted molar refractivity (Wildman–Crippen MR) is 99.3 cm³/mol. The Hall–Kier alpha value is -3.28. The molecule has 0 unspecified atom stereocenters. The van der Waals surface area contributed by atoms with E-state index < -0.39 is 0 Å². The number of rotatable bonds is 5. The Kier molecular flexibility index (Phi) is 4.08. The Balaban J connectivity index is 1.98. The van der Waals surface area contributed by atoms with Gasteiger partial charge in [0.05, 0.1) is 36.6 Å². The molecule has 132 valence electrons. The van der Waals surface area contributed by atoms with Crippen molar-refractivity contribution in [3.8, 4) is 17.0 Å². The number of hydrogen-bond acceptors (Lipinski definition) is 4. The Morgan fingerprint density at radius 3 is 2.65 bits per heavy atom. The topological polar surface area (TPSA) is 57.8 Å². The lowest BCUT2D eigenvalue weighted by molar-refractivity contribution is -0.143. The lowest BCUT2D eigenvalue weighted by Gasteiger charge is -2.05. The molecule has 4 rings (SSSR count). The average molecular weight is 349 g/mol. The predicted octanol–water partition coefficient (Wildman–Crippen LogP) is 3.53. The van der Waals surface area contributed by atoms with Crippen LogP contribution in [0.2, 0.25) is 0 Å². The SMILES string of the molecule is CCOC(=O)Cn1c2cc(OC)ccc2n2c(-c3ccccc3)cnc12. The van der Waals surface area contributed by atoms with Gasteiger partial charge < -0.3 is 9.47 Å². The fourth-order valence-corrected chi connectivity index (χ4v) is 3.22. The van der Waals surface area contributed by atoms with Crippen LogP contribution in [-0.2, 0) is 16.1 Å². The third-order valence-electron chi connectivity index (χ3n) is 4.36. The molecule has 0 saturated carbocycles. The van der Waals surface area contributed by atoms with Gasteiger partial charge in [-0.3, -0.25) is 13.8 Å². The second-order valence-corrected chi connectivity index (χ2v) is 5.89. The standard InChI is InChI=1S/C20H19N3O3/c1-3-26-19(24)13-22-17-11-15(25-2)9-10-16(17)23-18(12-21-20(22)23)14-7-5-4-6-8-14/h4-12H,3,13H2,1-2H3. The fourth-order valence-electron chi connectivity index (χ4n) is 3.22. The van der Waals surface area contributed by atoms with Crippen LogP contribution in [0.3, 0.4) is 0 Å². The van der Waals surface area contributed by atoms with E-state index in [9.17, 15) is 4.79 Å². The van der Waals surface area contributed by atoms with Gasteiger partial charge >= 0.3 is 5.97 Å². The highest BCUT2D eigenvalue weighted by molar-refractivity contribution is 5.87. The van der Waals surface area contributed by atoms with Crippen molar-refractivity contribution in [1.29, 1.82) is 0 Å². The Morgan fingerprint density at radius 2 is 1.92 bits per heavy atom. The quantitative estimate of drug-likeness (QED) is 0.517. The average Bonchev–Trinajstić information content (AvgIpc) is 3.22. The van der Waals surface area contributed by atoms with Gasteiger partial charge in [-0.1, -0.05) is 30.3 Å². The maximum Gasteiger partial charge on any atom is 0.326 e. The zero-order valence-corrected chi connectivity index (χ0v) is 14.7. The van der Waals surface area contributed by atoms with Crippen LogP contribution in [0.1, 0.15) is 6.92 Å². The van der Waals surface area contributed by atoms with Gasteiger partial charge in [0.2, 0.25) is 5.78 Å². The van der Waals surface area contributed by atoms with Gasteiger partial charge in [0.15, 0.2) is 0 Å². The minimum absolute atomic E-state index is 0.0965. The summed E-state index contributed by atoms with van der Waals surface area (Å²) in [6.07, 6.45) is 1.83. The highest BCUT2D eigenvalue weighted by Crippen LogP contribution is 2.30. The largest absolute Gasteiger partial charge is 0.497 e. The molecule has 6 nitrogen and oxygen atoms in total. The van der Waals surface area contributed by atoms with Crippen molar-refractivity contribution >= 4 is 22.8 Å². The second-order valence-electron chi connectivity index (χ2n) is 5.89. The molecular formula is C20H19N3O3. The molecule has 2 heterocycles. The van der Waals surface area contributed by atoms with E-state index in [1.807, 2.05) is 59.3 Å². The maximum absolute atomic E-state index is 12.1. The van der Waals surface area contributed by atoms with Crippen molar-refractivity contribution in [2.75, 3.05) is 13.7 Å². The second kappa shape index (κ2) is 6.55. The van der Waals surface area contributed by atoms with Gasteiger partial charge in [-0.25, -0.2) is 4.98 Å².